The highest BCUT2D eigenvalue weighted by Crippen LogP contribution is 2.22. The van der Waals surface area contributed by atoms with E-state index in [2.05, 4.69) is 25.5 Å². The number of H-pyrrole nitrogens is 1. The van der Waals surface area contributed by atoms with Crippen LogP contribution in [-0.2, 0) is 0 Å². The SMILES string of the molecule is O=C(Nc1n[nH]c2cnc(-c3ccccc3)nc12)c1ccccc1. The minimum atomic E-state index is -0.233. The molecule has 2 aromatic carbocycles. The van der Waals surface area contributed by atoms with E-state index in [4.69, 9.17) is 0 Å². The maximum Gasteiger partial charge on any atom is 0.256 e. The quantitative estimate of drug-likeness (QED) is 0.608. The summed E-state index contributed by atoms with van der Waals surface area (Å²) in [5.41, 5.74) is 2.71. The van der Waals surface area contributed by atoms with E-state index in [1.54, 1.807) is 18.3 Å². The van der Waals surface area contributed by atoms with Crippen LogP contribution < -0.4 is 5.32 Å². The summed E-state index contributed by atoms with van der Waals surface area (Å²) >= 11 is 0. The summed E-state index contributed by atoms with van der Waals surface area (Å²) in [7, 11) is 0. The summed E-state index contributed by atoms with van der Waals surface area (Å²) in [6.07, 6.45) is 1.66. The first-order valence-electron chi connectivity index (χ1n) is 7.44. The van der Waals surface area contributed by atoms with Gasteiger partial charge in [0.05, 0.1) is 6.20 Å². The van der Waals surface area contributed by atoms with Gasteiger partial charge < -0.3 is 5.32 Å². The summed E-state index contributed by atoms with van der Waals surface area (Å²) in [6, 6.07) is 18.6. The number of carbonyl (C=O) groups excluding carboxylic acids is 1. The molecule has 0 spiro atoms. The van der Waals surface area contributed by atoms with Crippen LogP contribution in [0.5, 0.6) is 0 Å². The van der Waals surface area contributed by atoms with Crippen LogP contribution in [0.2, 0.25) is 0 Å². The van der Waals surface area contributed by atoms with Crippen molar-refractivity contribution in [1.82, 2.24) is 20.2 Å². The van der Waals surface area contributed by atoms with Crippen molar-refractivity contribution >= 4 is 22.8 Å². The third kappa shape index (κ3) is 2.61. The molecule has 6 heteroatoms. The molecule has 0 aliphatic heterocycles. The summed E-state index contributed by atoms with van der Waals surface area (Å²) in [5.74, 6) is 0.738. The van der Waals surface area contributed by atoms with Gasteiger partial charge in [0.1, 0.15) is 11.0 Å². The van der Waals surface area contributed by atoms with Crippen molar-refractivity contribution in [2.24, 2.45) is 0 Å². The number of hydrogen-bond donors (Lipinski definition) is 2. The molecule has 4 aromatic rings. The van der Waals surface area contributed by atoms with Gasteiger partial charge in [0.2, 0.25) is 0 Å². The molecule has 2 heterocycles. The largest absolute Gasteiger partial charge is 0.303 e. The van der Waals surface area contributed by atoms with Gasteiger partial charge in [-0.15, -0.1) is 0 Å². The lowest BCUT2D eigenvalue weighted by Gasteiger charge is -2.03. The van der Waals surface area contributed by atoms with Gasteiger partial charge in [0, 0.05) is 11.1 Å². The van der Waals surface area contributed by atoms with Gasteiger partial charge in [-0.3, -0.25) is 9.89 Å². The smallest absolute Gasteiger partial charge is 0.256 e. The molecule has 0 unspecified atom stereocenters. The highest BCUT2D eigenvalue weighted by atomic mass is 16.1. The second-order valence-corrected chi connectivity index (χ2v) is 5.21. The van der Waals surface area contributed by atoms with Crippen molar-refractivity contribution in [3.8, 4) is 11.4 Å². The van der Waals surface area contributed by atoms with Gasteiger partial charge >= 0.3 is 0 Å². The van der Waals surface area contributed by atoms with Crippen molar-refractivity contribution < 1.29 is 4.79 Å². The summed E-state index contributed by atoms with van der Waals surface area (Å²) in [4.78, 5) is 21.2. The maximum atomic E-state index is 12.3. The molecule has 116 valence electrons. The number of hydrogen-bond acceptors (Lipinski definition) is 4. The predicted octanol–water partition coefficient (Wildman–Crippen LogP) is 3.27. The lowest BCUT2D eigenvalue weighted by molar-refractivity contribution is 0.102. The second-order valence-electron chi connectivity index (χ2n) is 5.21. The number of fused-ring (bicyclic) bond motifs is 1. The Morgan fingerprint density at radius 1 is 0.958 bits per heavy atom. The van der Waals surface area contributed by atoms with Crippen molar-refractivity contribution in [3.63, 3.8) is 0 Å². The van der Waals surface area contributed by atoms with Crippen LogP contribution in [0.25, 0.3) is 22.4 Å². The van der Waals surface area contributed by atoms with E-state index in [-0.39, 0.29) is 5.91 Å². The van der Waals surface area contributed by atoms with Crippen molar-refractivity contribution in [2.75, 3.05) is 5.32 Å². The fraction of sp³-hybridized carbons (Fsp3) is 0. The van der Waals surface area contributed by atoms with Crippen molar-refractivity contribution in [3.05, 3.63) is 72.4 Å². The Labute approximate surface area is 137 Å². The van der Waals surface area contributed by atoms with Crippen LogP contribution in [0.3, 0.4) is 0 Å². The molecular weight excluding hydrogens is 302 g/mol. The molecule has 4 rings (SSSR count). The van der Waals surface area contributed by atoms with Gasteiger partial charge in [-0.1, -0.05) is 48.5 Å². The molecule has 0 atom stereocenters. The van der Waals surface area contributed by atoms with E-state index < -0.39 is 0 Å². The van der Waals surface area contributed by atoms with Crippen molar-refractivity contribution in [2.45, 2.75) is 0 Å². The van der Waals surface area contributed by atoms with Gasteiger partial charge in [-0.2, -0.15) is 5.10 Å². The Kier molecular flexibility index (Phi) is 3.47. The van der Waals surface area contributed by atoms with Crippen LogP contribution in [-0.4, -0.2) is 26.1 Å². The van der Waals surface area contributed by atoms with Gasteiger partial charge in [0.25, 0.3) is 5.91 Å². The zero-order chi connectivity index (χ0) is 16.4. The third-order valence-corrected chi connectivity index (χ3v) is 3.60. The average Bonchev–Trinajstić information content (AvgIpc) is 3.05. The van der Waals surface area contributed by atoms with Gasteiger partial charge in [0.15, 0.2) is 11.6 Å². The lowest BCUT2D eigenvalue weighted by atomic mass is 10.2. The number of anilines is 1. The van der Waals surface area contributed by atoms with Crippen LogP contribution in [0.4, 0.5) is 5.82 Å². The van der Waals surface area contributed by atoms with Crippen LogP contribution in [0.15, 0.2) is 66.9 Å². The first-order valence-corrected chi connectivity index (χ1v) is 7.44. The van der Waals surface area contributed by atoms with E-state index in [1.807, 2.05) is 48.5 Å². The highest BCUT2D eigenvalue weighted by Gasteiger charge is 2.13. The summed E-state index contributed by atoms with van der Waals surface area (Å²) < 4.78 is 0. The standard InChI is InChI=1S/C18H13N5O/c24-18(13-9-5-2-6-10-13)21-17-15-14(22-23-17)11-19-16(20-15)12-7-3-1-4-8-12/h1-11H,(H2,21,22,23,24). The van der Waals surface area contributed by atoms with E-state index in [0.29, 0.717) is 28.2 Å². The monoisotopic (exact) mass is 315 g/mol. The average molecular weight is 315 g/mol. The zero-order valence-corrected chi connectivity index (χ0v) is 12.6. The normalized spacial score (nSPS) is 10.7. The number of aromatic nitrogens is 4. The number of nitrogens with one attached hydrogen (secondary N) is 2. The molecule has 0 fully saturated rings. The number of aromatic amines is 1. The Morgan fingerprint density at radius 3 is 2.42 bits per heavy atom. The molecule has 0 saturated carbocycles. The fourth-order valence-corrected chi connectivity index (χ4v) is 2.40. The number of carbonyl (C=O) groups is 1. The number of rotatable bonds is 3. The van der Waals surface area contributed by atoms with E-state index in [1.165, 1.54) is 0 Å². The zero-order valence-electron chi connectivity index (χ0n) is 12.6. The van der Waals surface area contributed by atoms with Gasteiger partial charge in [-0.25, -0.2) is 9.97 Å². The first kappa shape index (κ1) is 14.1. The molecule has 0 aliphatic rings. The molecule has 6 nitrogen and oxygen atoms in total. The maximum absolute atomic E-state index is 12.3. The minimum absolute atomic E-state index is 0.233. The second kappa shape index (κ2) is 5.92. The van der Waals surface area contributed by atoms with Crippen molar-refractivity contribution in [1.29, 1.82) is 0 Å². The Bertz CT molecular complexity index is 996. The van der Waals surface area contributed by atoms with Crippen LogP contribution in [0.1, 0.15) is 10.4 Å². The third-order valence-electron chi connectivity index (χ3n) is 3.60. The predicted molar refractivity (Wildman–Crippen MR) is 91.5 cm³/mol. The number of amides is 1. The minimum Gasteiger partial charge on any atom is -0.303 e. The van der Waals surface area contributed by atoms with Crippen LogP contribution in [0, 0.1) is 0 Å². The van der Waals surface area contributed by atoms with E-state index >= 15 is 0 Å². The molecule has 0 aliphatic carbocycles. The Morgan fingerprint density at radius 2 is 1.67 bits per heavy atom. The topological polar surface area (TPSA) is 83.6 Å². The van der Waals surface area contributed by atoms with Crippen LogP contribution >= 0.6 is 0 Å². The number of nitrogens with zero attached hydrogens (tertiary/aromatic N) is 3. The molecule has 2 aromatic heterocycles. The highest BCUT2D eigenvalue weighted by molar-refractivity contribution is 6.07. The fourth-order valence-electron chi connectivity index (χ4n) is 2.40. The Balaban J connectivity index is 1.70. The summed E-state index contributed by atoms with van der Waals surface area (Å²) in [6.45, 7) is 0. The Hall–Kier alpha value is -3.54. The molecular formula is C18H13N5O. The van der Waals surface area contributed by atoms with Gasteiger partial charge in [-0.05, 0) is 12.1 Å². The van der Waals surface area contributed by atoms with E-state index in [9.17, 15) is 4.79 Å². The first-order chi connectivity index (χ1) is 11.8. The molecule has 24 heavy (non-hydrogen) atoms. The molecule has 1 amide bonds. The molecule has 0 bridgehead atoms. The van der Waals surface area contributed by atoms with E-state index in [0.717, 1.165) is 5.56 Å². The molecule has 0 saturated heterocycles. The summed E-state index contributed by atoms with van der Waals surface area (Å²) in [5, 5.41) is 9.76. The molecule has 2 N–H and O–H groups in total. The molecule has 0 radical (unpaired) electrons. The lowest BCUT2D eigenvalue weighted by Crippen LogP contribution is -2.12. The number of benzene rings is 2.